The molecule has 2 N–H and O–H groups in total. The van der Waals surface area contributed by atoms with Crippen molar-refractivity contribution < 1.29 is 19.8 Å². The fourth-order valence-electron chi connectivity index (χ4n) is 9.03. The summed E-state index contributed by atoms with van der Waals surface area (Å²) in [6.07, 6.45) is 7.73. The number of aliphatic hydroxyl groups is 2. The van der Waals surface area contributed by atoms with Crippen molar-refractivity contribution in [2.45, 2.75) is 76.3 Å². The average molecular weight is 560 g/mol. The third kappa shape index (κ3) is 3.81. The number of benzene rings is 1. The van der Waals surface area contributed by atoms with Gasteiger partial charge >= 0.3 is 0 Å². The number of carbonyl (C=O) groups excluding carboxylic acids is 2. The number of aryl methyl sites for hydroxylation is 1. The molecule has 0 spiro atoms. The molecule has 0 aliphatic heterocycles. The van der Waals surface area contributed by atoms with E-state index in [4.69, 9.17) is 10.2 Å². The maximum atomic E-state index is 14.0. The second-order valence-electron chi connectivity index (χ2n) is 12.8. The molecule has 3 fully saturated rings. The topological polar surface area (TPSA) is 116 Å². The predicted octanol–water partition coefficient (Wildman–Crippen LogP) is 4.87. The minimum Gasteiger partial charge on any atom is -0.393 e. The zero-order chi connectivity index (χ0) is 28.4. The zero-order valence-electron chi connectivity index (χ0n) is 23.3. The van der Waals surface area contributed by atoms with Gasteiger partial charge in [0.25, 0.3) is 0 Å². The van der Waals surface area contributed by atoms with E-state index >= 15 is 0 Å². The van der Waals surface area contributed by atoms with Crippen LogP contribution in [-0.2, 0) is 16.1 Å². The van der Waals surface area contributed by atoms with Crippen LogP contribution in [0.2, 0.25) is 0 Å². The van der Waals surface area contributed by atoms with Crippen LogP contribution in [0.1, 0.15) is 52.9 Å². The first-order valence-corrected chi connectivity index (χ1v) is 15.4. The lowest BCUT2D eigenvalue weighted by atomic mass is 9.46. The number of nitrogens with zero attached hydrogens (tertiary/aromatic N) is 3. The summed E-state index contributed by atoms with van der Waals surface area (Å²) in [5, 5.41) is 33.9. The van der Waals surface area contributed by atoms with Gasteiger partial charge in [-0.15, -0.1) is 0 Å². The van der Waals surface area contributed by atoms with Gasteiger partial charge < -0.3 is 14.8 Å². The highest BCUT2D eigenvalue weighted by Gasteiger charge is 2.70. The molecule has 3 saturated carbocycles. The number of Topliss-reactive ketones (excluding diaryl/α,β-unsaturated/α-hetero) is 1. The number of aliphatic hydroxyl groups excluding tert-OH is 1. The number of carbonyl (C=O) groups is 2. The van der Waals surface area contributed by atoms with Gasteiger partial charge in [-0.1, -0.05) is 56.3 Å². The van der Waals surface area contributed by atoms with Crippen LogP contribution in [0.15, 0.2) is 53.2 Å². The number of hydrogen-bond acceptors (Lipinski definition) is 7. The number of allylic oxidation sites excluding steroid dienone is 4. The van der Waals surface area contributed by atoms with E-state index in [1.165, 1.54) is 11.8 Å². The highest BCUT2D eigenvalue weighted by molar-refractivity contribution is 7.99. The van der Waals surface area contributed by atoms with Crippen molar-refractivity contribution in [3.8, 4) is 6.07 Å². The third-order valence-electron chi connectivity index (χ3n) is 10.9. The summed E-state index contributed by atoms with van der Waals surface area (Å²) in [7, 11) is 0. The van der Waals surface area contributed by atoms with Crippen molar-refractivity contribution in [2.75, 3.05) is 5.75 Å². The Bertz CT molecular complexity index is 1490. The summed E-state index contributed by atoms with van der Waals surface area (Å²) in [6, 6.07) is 9.93. The largest absolute Gasteiger partial charge is 0.393 e. The summed E-state index contributed by atoms with van der Waals surface area (Å²) in [5.41, 5.74) is 0.134. The van der Waals surface area contributed by atoms with Crippen molar-refractivity contribution in [1.29, 1.82) is 5.26 Å². The first-order valence-electron chi connectivity index (χ1n) is 14.4. The fourth-order valence-corrected chi connectivity index (χ4v) is 10.0. The van der Waals surface area contributed by atoms with Crippen LogP contribution in [0, 0.1) is 45.8 Å². The van der Waals surface area contributed by atoms with Crippen molar-refractivity contribution >= 4 is 34.4 Å². The van der Waals surface area contributed by atoms with E-state index in [-0.39, 0.29) is 46.4 Å². The van der Waals surface area contributed by atoms with E-state index < -0.39 is 17.1 Å². The highest BCUT2D eigenvalue weighted by atomic mass is 32.2. The second kappa shape index (κ2) is 9.68. The molecule has 0 radical (unpaired) electrons. The van der Waals surface area contributed by atoms with Crippen LogP contribution in [-0.4, -0.2) is 48.8 Å². The van der Waals surface area contributed by atoms with Gasteiger partial charge in [-0.2, -0.15) is 5.26 Å². The summed E-state index contributed by atoms with van der Waals surface area (Å²) in [4.78, 5) is 30.9. The minimum absolute atomic E-state index is 0.00850. The smallest absolute Gasteiger partial charge is 0.178 e. The Labute approximate surface area is 239 Å². The van der Waals surface area contributed by atoms with E-state index in [2.05, 4.69) is 13.0 Å². The van der Waals surface area contributed by atoms with E-state index in [9.17, 15) is 19.8 Å². The van der Waals surface area contributed by atoms with Crippen molar-refractivity contribution in [3.63, 3.8) is 0 Å². The molecule has 1 aromatic carbocycles. The summed E-state index contributed by atoms with van der Waals surface area (Å²) < 4.78 is 1.98. The molecule has 4 aliphatic rings. The maximum absolute atomic E-state index is 14.0. The van der Waals surface area contributed by atoms with Crippen molar-refractivity contribution in [3.05, 3.63) is 48.1 Å². The zero-order valence-corrected chi connectivity index (χ0v) is 24.2. The number of ketones is 2. The highest BCUT2D eigenvalue weighted by Crippen LogP contribution is 2.68. The Morgan fingerprint density at radius 1 is 1.30 bits per heavy atom. The number of imidazole rings is 1. The molecular formula is C32H37N3O4S. The second-order valence-corrected chi connectivity index (χ2v) is 13.7. The van der Waals surface area contributed by atoms with Crippen LogP contribution in [0.4, 0.5) is 0 Å². The van der Waals surface area contributed by atoms with Crippen LogP contribution in [0.5, 0.6) is 0 Å². The molecule has 1 aromatic heterocycles. The lowest BCUT2D eigenvalue weighted by Crippen LogP contribution is -2.62. The molecule has 0 amide bonds. The van der Waals surface area contributed by atoms with E-state index in [0.717, 1.165) is 35.9 Å². The van der Waals surface area contributed by atoms with Gasteiger partial charge in [0, 0.05) is 23.3 Å². The third-order valence-corrected chi connectivity index (χ3v) is 11.9. The number of fused-ring (bicyclic) bond motifs is 6. The molecule has 0 saturated heterocycles. The van der Waals surface area contributed by atoms with Crippen LogP contribution >= 0.6 is 11.8 Å². The molecule has 40 heavy (non-hydrogen) atoms. The number of aromatic nitrogens is 2. The number of hydrogen-bond donors (Lipinski definition) is 2. The normalized spacial score (nSPS) is 38.4. The molecule has 2 aromatic rings. The Morgan fingerprint density at radius 3 is 2.85 bits per heavy atom. The van der Waals surface area contributed by atoms with E-state index in [1.54, 1.807) is 12.2 Å². The number of nitriles is 1. The molecule has 4 aliphatic carbocycles. The maximum Gasteiger partial charge on any atom is 0.178 e. The fraction of sp³-hybridized carbons (Fsp3) is 0.562. The lowest BCUT2D eigenvalue weighted by Gasteiger charge is -2.59. The molecule has 0 bridgehead atoms. The van der Waals surface area contributed by atoms with Crippen molar-refractivity contribution in [1.82, 2.24) is 9.55 Å². The number of thioether (sulfide) groups is 1. The Kier molecular flexibility index (Phi) is 6.64. The first kappa shape index (κ1) is 27.4. The molecule has 1 heterocycles. The summed E-state index contributed by atoms with van der Waals surface area (Å²) in [5.74, 6) is -0.181. The molecular weight excluding hydrogens is 522 g/mol. The molecule has 8 atom stereocenters. The monoisotopic (exact) mass is 559 g/mol. The Balaban J connectivity index is 1.28. The number of rotatable bonds is 6. The van der Waals surface area contributed by atoms with Crippen molar-refractivity contribution in [2.24, 2.45) is 34.5 Å². The SMILES string of the molecule is C[C@@H]1CC2C3CCC4=CC(=O)C=CC4(C)C3C(O)CC2(C)[C@@]1(O)C(=O)CSc1nc2ccccc2n1CCC#N. The lowest BCUT2D eigenvalue weighted by molar-refractivity contribution is -0.179. The Hall–Kier alpha value is -2.73. The summed E-state index contributed by atoms with van der Waals surface area (Å²) in [6.45, 7) is 6.61. The predicted molar refractivity (Wildman–Crippen MR) is 153 cm³/mol. The standard InChI is InChI=1S/C32H37N3O4S/c1-19-15-23-22-10-9-20-16-21(36)11-12-30(20,2)28(22)26(37)17-31(23,3)32(19,39)27(38)18-40-29-34-24-7-4-5-8-25(24)35(29)14-6-13-33/h4-5,7-8,11-12,16,19,22-23,26,28,37,39H,6,9-10,14-15,17-18H2,1-3H3/t19-,22?,23?,26?,28?,30?,31?,32+/m1/s1. The average Bonchev–Trinajstić information content (AvgIpc) is 3.38. The van der Waals surface area contributed by atoms with Gasteiger partial charge in [0.15, 0.2) is 16.7 Å². The number of para-hydroxylation sites is 2. The van der Waals surface area contributed by atoms with Gasteiger partial charge in [0.05, 0.1) is 35.4 Å². The summed E-state index contributed by atoms with van der Waals surface area (Å²) >= 11 is 1.32. The van der Waals surface area contributed by atoms with Crippen LogP contribution < -0.4 is 0 Å². The van der Waals surface area contributed by atoms with E-state index in [1.807, 2.05) is 48.8 Å². The van der Waals surface area contributed by atoms with Gasteiger partial charge in [-0.05, 0) is 67.7 Å². The molecule has 6 rings (SSSR count). The van der Waals surface area contributed by atoms with Crippen LogP contribution in [0.3, 0.4) is 0 Å². The van der Waals surface area contributed by atoms with Gasteiger partial charge in [-0.25, -0.2) is 4.98 Å². The van der Waals surface area contributed by atoms with Crippen LogP contribution in [0.25, 0.3) is 11.0 Å². The quantitative estimate of drug-likeness (QED) is 0.485. The minimum atomic E-state index is -1.56. The molecule has 8 heteroatoms. The van der Waals surface area contributed by atoms with Gasteiger partial charge in [0.2, 0.25) is 0 Å². The molecule has 6 unspecified atom stereocenters. The molecule has 7 nitrogen and oxygen atoms in total. The molecule has 210 valence electrons. The Morgan fingerprint density at radius 2 is 2.08 bits per heavy atom. The first-order chi connectivity index (χ1) is 19.0. The van der Waals surface area contributed by atoms with Gasteiger partial charge in [-0.3, -0.25) is 9.59 Å². The van der Waals surface area contributed by atoms with E-state index in [0.29, 0.717) is 24.5 Å². The van der Waals surface area contributed by atoms with Gasteiger partial charge in [0.1, 0.15) is 5.60 Å².